The highest BCUT2D eigenvalue weighted by atomic mass is 32.1. The summed E-state index contributed by atoms with van der Waals surface area (Å²) in [7, 11) is 3.44. The second-order valence-electron chi connectivity index (χ2n) is 6.19. The summed E-state index contributed by atoms with van der Waals surface area (Å²) in [5.41, 5.74) is 1.23. The highest BCUT2D eigenvalue weighted by Crippen LogP contribution is 2.23. The molecular formula is C16H30N4O2S. The number of nitrogens with zero attached hydrogens (tertiary/aromatic N) is 2. The molecule has 0 aromatic carbocycles. The molecule has 0 atom stereocenters. The van der Waals surface area contributed by atoms with Gasteiger partial charge < -0.3 is 20.1 Å². The van der Waals surface area contributed by atoms with E-state index in [0.29, 0.717) is 19.8 Å². The molecule has 0 fully saturated rings. The Hall–Kier alpha value is -1.18. The van der Waals surface area contributed by atoms with Gasteiger partial charge in [-0.1, -0.05) is 20.8 Å². The molecule has 0 saturated carbocycles. The van der Waals surface area contributed by atoms with Crippen LogP contribution in [0.2, 0.25) is 0 Å². The summed E-state index contributed by atoms with van der Waals surface area (Å²) < 4.78 is 10.3. The maximum Gasteiger partial charge on any atom is 0.191 e. The standard InChI is InChI=1S/C16H30N4O2S/c1-16(2,3)13-12-23-14(20-13)11-19-15(17-4)18-7-6-8-22-10-9-21-5/h12H,6-11H2,1-5H3,(H2,17,18,19). The summed E-state index contributed by atoms with van der Waals surface area (Å²) in [4.78, 5) is 8.88. The van der Waals surface area contributed by atoms with Gasteiger partial charge in [0, 0.05) is 38.1 Å². The van der Waals surface area contributed by atoms with Gasteiger partial charge in [-0.15, -0.1) is 11.3 Å². The van der Waals surface area contributed by atoms with Crippen molar-refractivity contribution in [2.45, 2.75) is 39.2 Å². The van der Waals surface area contributed by atoms with Crippen molar-refractivity contribution in [3.8, 4) is 0 Å². The normalized spacial score (nSPS) is 12.5. The average Bonchev–Trinajstić information content (AvgIpc) is 2.98. The Morgan fingerprint density at radius 2 is 2.04 bits per heavy atom. The molecule has 6 nitrogen and oxygen atoms in total. The fraction of sp³-hybridized carbons (Fsp3) is 0.750. The van der Waals surface area contributed by atoms with Crippen LogP contribution in [0.3, 0.4) is 0 Å². The van der Waals surface area contributed by atoms with E-state index in [4.69, 9.17) is 9.47 Å². The zero-order valence-corrected chi connectivity index (χ0v) is 15.8. The third-order valence-electron chi connectivity index (χ3n) is 3.14. The molecule has 132 valence electrons. The van der Waals surface area contributed by atoms with Crippen LogP contribution < -0.4 is 10.6 Å². The summed E-state index contributed by atoms with van der Waals surface area (Å²) in [5, 5.41) is 9.76. The van der Waals surface area contributed by atoms with Crippen molar-refractivity contribution in [3.63, 3.8) is 0 Å². The average molecular weight is 343 g/mol. The first-order chi connectivity index (χ1) is 11.0. The molecule has 0 aliphatic heterocycles. The maximum atomic E-state index is 5.42. The van der Waals surface area contributed by atoms with E-state index in [-0.39, 0.29) is 5.41 Å². The zero-order valence-electron chi connectivity index (χ0n) is 14.9. The van der Waals surface area contributed by atoms with E-state index in [1.807, 2.05) is 0 Å². The van der Waals surface area contributed by atoms with Crippen molar-refractivity contribution in [2.24, 2.45) is 4.99 Å². The van der Waals surface area contributed by atoms with E-state index in [1.54, 1.807) is 25.5 Å². The van der Waals surface area contributed by atoms with Gasteiger partial charge in [-0.2, -0.15) is 0 Å². The van der Waals surface area contributed by atoms with Crippen LogP contribution in [-0.4, -0.2) is 51.5 Å². The van der Waals surface area contributed by atoms with E-state index in [0.717, 1.165) is 36.2 Å². The molecular weight excluding hydrogens is 312 g/mol. The fourth-order valence-corrected chi connectivity index (χ4v) is 2.70. The monoisotopic (exact) mass is 342 g/mol. The lowest BCUT2D eigenvalue weighted by atomic mass is 9.93. The first-order valence-electron chi connectivity index (χ1n) is 7.93. The molecule has 0 bridgehead atoms. The minimum absolute atomic E-state index is 0.0947. The molecule has 1 aromatic heterocycles. The molecule has 2 N–H and O–H groups in total. The highest BCUT2D eigenvalue weighted by Gasteiger charge is 2.17. The van der Waals surface area contributed by atoms with Crippen molar-refractivity contribution in [3.05, 3.63) is 16.1 Å². The molecule has 0 aliphatic carbocycles. The van der Waals surface area contributed by atoms with Crippen LogP contribution in [0.25, 0.3) is 0 Å². The van der Waals surface area contributed by atoms with Crippen LogP contribution in [0.4, 0.5) is 0 Å². The van der Waals surface area contributed by atoms with Gasteiger partial charge >= 0.3 is 0 Å². The Balaban J connectivity index is 2.23. The van der Waals surface area contributed by atoms with Gasteiger partial charge in [0.15, 0.2) is 5.96 Å². The van der Waals surface area contributed by atoms with E-state index >= 15 is 0 Å². The van der Waals surface area contributed by atoms with Crippen molar-refractivity contribution >= 4 is 17.3 Å². The molecule has 0 spiro atoms. The lowest BCUT2D eigenvalue weighted by Crippen LogP contribution is -2.37. The fourth-order valence-electron chi connectivity index (χ4n) is 1.74. The lowest BCUT2D eigenvalue weighted by molar-refractivity contribution is 0.0698. The maximum absolute atomic E-state index is 5.42. The van der Waals surface area contributed by atoms with Gasteiger partial charge in [-0.05, 0) is 6.42 Å². The summed E-state index contributed by atoms with van der Waals surface area (Å²) >= 11 is 1.68. The third kappa shape index (κ3) is 8.29. The molecule has 1 rings (SSSR count). The number of hydrogen-bond acceptors (Lipinski definition) is 5. The molecule has 0 aliphatic rings. The number of nitrogens with one attached hydrogen (secondary N) is 2. The number of methoxy groups -OCH3 is 1. The number of ether oxygens (including phenoxy) is 2. The number of hydrogen-bond donors (Lipinski definition) is 2. The Labute approximate surface area is 143 Å². The molecule has 7 heteroatoms. The van der Waals surface area contributed by atoms with Crippen molar-refractivity contribution in [1.82, 2.24) is 15.6 Å². The number of rotatable bonds is 9. The summed E-state index contributed by atoms with van der Waals surface area (Å²) in [5.74, 6) is 0.786. The largest absolute Gasteiger partial charge is 0.382 e. The molecule has 0 saturated heterocycles. The van der Waals surface area contributed by atoms with Gasteiger partial charge in [-0.25, -0.2) is 4.98 Å². The third-order valence-corrected chi connectivity index (χ3v) is 3.99. The molecule has 0 amide bonds. The van der Waals surface area contributed by atoms with Gasteiger partial charge in [0.25, 0.3) is 0 Å². The van der Waals surface area contributed by atoms with Crippen LogP contribution in [0.1, 0.15) is 37.9 Å². The predicted octanol–water partition coefficient (Wildman–Crippen LogP) is 2.16. The van der Waals surface area contributed by atoms with E-state index < -0.39 is 0 Å². The van der Waals surface area contributed by atoms with Crippen LogP contribution in [0, 0.1) is 0 Å². The summed E-state index contributed by atoms with van der Waals surface area (Å²) in [6.07, 6.45) is 0.926. The molecule has 0 radical (unpaired) electrons. The Morgan fingerprint density at radius 1 is 1.26 bits per heavy atom. The number of aromatic nitrogens is 1. The van der Waals surface area contributed by atoms with Crippen LogP contribution in [0.5, 0.6) is 0 Å². The quantitative estimate of drug-likeness (QED) is 0.409. The molecule has 1 aromatic rings. The van der Waals surface area contributed by atoms with Gasteiger partial charge in [-0.3, -0.25) is 4.99 Å². The van der Waals surface area contributed by atoms with E-state index in [1.165, 1.54) is 0 Å². The smallest absolute Gasteiger partial charge is 0.191 e. The van der Waals surface area contributed by atoms with E-state index in [9.17, 15) is 0 Å². The lowest BCUT2D eigenvalue weighted by Gasteiger charge is -2.14. The molecule has 0 unspecified atom stereocenters. The first kappa shape index (κ1) is 19.9. The zero-order chi connectivity index (χ0) is 17.1. The SMILES string of the molecule is CN=C(NCCCOCCOC)NCc1nc(C(C)(C)C)cs1. The van der Waals surface area contributed by atoms with Crippen LogP contribution in [-0.2, 0) is 21.4 Å². The van der Waals surface area contributed by atoms with Crippen molar-refractivity contribution < 1.29 is 9.47 Å². The minimum atomic E-state index is 0.0947. The number of thiazole rings is 1. The van der Waals surface area contributed by atoms with Gasteiger partial charge in [0.05, 0.1) is 25.5 Å². The Morgan fingerprint density at radius 3 is 2.65 bits per heavy atom. The minimum Gasteiger partial charge on any atom is -0.382 e. The summed E-state index contributed by atoms with van der Waals surface area (Å²) in [6.45, 7) is 10.0. The number of aliphatic imine (C=N–C) groups is 1. The molecule has 23 heavy (non-hydrogen) atoms. The van der Waals surface area contributed by atoms with Gasteiger partial charge in [0.2, 0.25) is 0 Å². The van der Waals surface area contributed by atoms with Crippen LogP contribution >= 0.6 is 11.3 Å². The van der Waals surface area contributed by atoms with Crippen molar-refractivity contribution in [1.29, 1.82) is 0 Å². The second-order valence-corrected chi connectivity index (χ2v) is 7.13. The second kappa shape index (κ2) is 10.6. The first-order valence-corrected chi connectivity index (χ1v) is 8.81. The highest BCUT2D eigenvalue weighted by molar-refractivity contribution is 7.09. The van der Waals surface area contributed by atoms with E-state index in [2.05, 4.69) is 46.8 Å². The van der Waals surface area contributed by atoms with Crippen molar-refractivity contribution in [2.75, 3.05) is 40.5 Å². The predicted molar refractivity (Wildman–Crippen MR) is 96.3 cm³/mol. The summed E-state index contributed by atoms with van der Waals surface area (Å²) in [6, 6.07) is 0. The van der Waals surface area contributed by atoms with Gasteiger partial charge in [0.1, 0.15) is 5.01 Å². The Kier molecular flexibility index (Phi) is 9.13. The topological polar surface area (TPSA) is 67.8 Å². The Bertz CT molecular complexity index is 469. The van der Waals surface area contributed by atoms with Crippen LogP contribution in [0.15, 0.2) is 10.4 Å². The number of guanidine groups is 1. The molecule has 1 heterocycles.